The highest BCUT2D eigenvalue weighted by Crippen LogP contribution is 2.34. The van der Waals surface area contributed by atoms with Gasteiger partial charge in [0.2, 0.25) is 0 Å². The van der Waals surface area contributed by atoms with Crippen molar-refractivity contribution < 1.29 is 14.4 Å². The Labute approximate surface area is 198 Å². The highest BCUT2D eigenvalue weighted by molar-refractivity contribution is 9.10. The fourth-order valence-electron chi connectivity index (χ4n) is 4.25. The lowest BCUT2D eigenvalue weighted by Gasteiger charge is -2.23. The van der Waals surface area contributed by atoms with Crippen molar-refractivity contribution in [3.05, 3.63) is 75.3 Å². The summed E-state index contributed by atoms with van der Waals surface area (Å²) < 4.78 is 0.801. The molecule has 7 nitrogen and oxygen atoms in total. The van der Waals surface area contributed by atoms with Gasteiger partial charge in [-0.25, -0.2) is 0 Å². The van der Waals surface area contributed by atoms with Crippen molar-refractivity contribution in [3.8, 4) is 0 Å². The summed E-state index contributed by atoms with van der Waals surface area (Å²) in [6.45, 7) is 5.63. The normalized spacial score (nSPS) is 18.1. The lowest BCUT2D eigenvalue weighted by atomic mass is 9.95. The molecule has 0 radical (unpaired) electrons. The van der Waals surface area contributed by atoms with Crippen molar-refractivity contribution in [1.82, 2.24) is 5.01 Å². The van der Waals surface area contributed by atoms with Crippen LogP contribution in [-0.4, -0.2) is 34.7 Å². The van der Waals surface area contributed by atoms with Crippen LogP contribution in [0.3, 0.4) is 0 Å². The molecular weight excluding hydrogens is 484 g/mol. The molecule has 0 saturated carbocycles. The summed E-state index contributed by atoms with van der Waals surface area (Å²) in [7, 11) is 0. The second kappa shape index (κ2) is 7.74. The first kappa shape index (κ1) is 21.2. The molecule has 33 heavy (non-hydrogen) atoms. The Bertz CT molecular complexity index is 1420. The zero-order valence-electron chi connectivity index (χ0n) is 18.2. The summed E-state index contributed by atoms with van der Waals surface area (Å²) in [5.74, 6) is -2.11. The van der Waals surface area contributed by atoms with Crippen molar-refractivity contribution in [2.75, 3.05) is 5.01 Å². The number of halogens is 1. The number of hydrogen-bond acceptors (Lipinski definition) is 5. The van der Waals surface area contributed by atoms with Crippen LogP contribution in [0.15, 0.2) is 63.2 Å². The van der Waals surface area contributed by atoms with Crippen LogP contribution in [0.4, 0.5) is 5.69 Å². The van der Waals surface area contributed by atoms with E-state index in [0.717, 1.165) is 26.0 Å². The van der Waals surface area contributed by atoms with E-state index in [9.17, 15) is 14.4 Å². The second-order valence-electron chi connectivity index (χ2n) is 8.17. The van der Waals surface area contributed by atoms with Crippen molar-refractivity contribution in [3.63, 3.8) is 0 Å². The van der Waals surface area contributed by atoms with Crippen molar-refractivity contribution >= 4 is 62.0 Å². The number of imide groups is 1. The molecule has 0 aromatic heterocycles. The Balaban J connectivity index is 1.47. The van der Waals surface area contributed by atoms with Gasteiger partial charge in [0.15, 0.2) is 0 Å². The molecule has 2 aliphatic heterocycles. The summed E-state index contributed by atoms with van der Waals surface area (Å²) >= 11 is 3.47. The summed E-state index contributed by atoms with van der Waals surface area (Å²) in [6.07, 6.45) is 1.32. The largest absolute Gasteiger partial charge is 0.282 e. The predicted octanol–water partition coefficient (Wildman–Crippen LogP) is 4.84. The topological polar surface area (TPSA) is 82.4 Å². The minimum absolute atomic E-state index is 0.286. The van der Waals surface area contributed by atoms with E-state index in [-0.39, 0.29) is 5.91 Å². The number of carbonyl (C=O) groups excluding carboxylic acids is 3. The minimum Gasteiger partial charge on any atom is -0.271 e. The molecule has 0 saturated heterocycles. The van der Waals surface area contributed by atoms with Gasteiger partial charge in [-0.15, -0.1) is 0 Å². The van der Waals surface area contributed by atoms with Crippen LogP contribution in [0.5, 0.6) is 0 Å². The minimum atomic E-state index is -0.770. The molecule has 0 aliphatic carbocycles. The first-order chi connectivity index (χ1) is 15.8. The van der Waals surface area contributed by atoms with Gasteiger partial charge in [-0.05, 0) is 56.0 Å². The van der Waals surface area contributed by atoms with Crippen molar-refractivity contribution in [2.45, 2.75) is 20.8 Å². The van der Waals surface area contributed by atoms with Gasteiger partial charge >= 0.3 is 0 Å². The Morgan fingerprint density at radius 3 is 2.42 bits per heavy atom. The molecule has 3 aromatic carbocycles. The van der Waals surface area contributed by atoms with Crippen LogP contribution >= 0.6 is 15.9 Å². The third kappa shape index (κ3) is 3.29. The smallest absolute Gasteiger partial charge is 0.271 e. The molecule has 1 atom stereocenters. The fraction of sp³-hybridized carbons (Fsp3) is 0.160. The number of hydrazone groups is 2. The molecule has 164 valence electrons. The molecule has 2 aliphatic rings. The lowest BCUT2D eigenvalue weighted by Crippen LogP contribution is -2.37. The quantitative estimate of drug-likeness (QED) is 0.379. The molecule has 3 aromatic rings. The molecule has 0 N–H and O–H groups in total. The van der Waals surface area contributed by atoms with E-state index in [0.29, 0.717) is 27.9 Å². The molecule has 3 amide bonds. The predicted molar refractivity (Wildman–Crippen MR) is 131 cm³/mol. The molecule has 0 fully saturated rings. The number of hydrogen-bond donors (Lipinski definition) is 0. The highest BCUT2D eigenvalue weighted by atomic mass is 79.9. The zero-order valence-corrected chi connectivity index (χ0v) is 19.8. The van der Waals surface area contributed by atoms with E-state index >= 15 is 0 Å². The fourth-order valence-corrected chi connectivity index (χ4v) is 4.72. The molecule has 1 unspecified atom stereocenters. The monoisotopic (exact) mass is 502 g/mol. The average molecular weight is 503 g/mol. The summed E-state index contributed by atoms with van der Waals surface area (Å²) in [6, 6.07) is 14.5. The maximum absolute atomic E-state index is 13.1. The van der Waals surface area contributed by atoms with Gasteiger partial charge < -0.3 is 0 Å². The van der Waals surface area contributed by atoms with E-state index in [2.05, 4.69) is 26.1 Å². The highest BCUT2D eigenvalue weighted by Gasteiger charge is 2.36. The first-order valence-corrected chi connectivity index (χ1v) is 11.2. The Kier molecular flexibility index (Phi) is 4.97. The van der Waals surface area contributed by atoms with Gasteiger partial charge in [-0.3, -0.25) is 14.4 Å². The van der Waals surface area contributed by atoms with Gasteiger partial charge in [0.25, 0.3) is 17.7 Å². The molecule has 8 heteroatoms. The number of amides is 3. The second-order valence-corrected chi connectivity index (χ2v) is 9.02. The van der Waals surface area contributed by atoms with Crippen molar-refractivity contribution in [2.24, 2.45) is 16.1 Å². The van der Waals surface area contributed by atoms with Crippen LogP contribution < -0.4 is 5.01 Å². The van der Waals surface area contributed by atoms with Crippen LogP contribution in [-0.2, 0) is 4.79 Å². The van der Waals surface area contributed by atoms with Gasteiger partial charge in [0, 0.05) is 16.1 Å². The van der Waals surface area contributed by atoms with E-state index in [4.69, 9.17) is 0 Å². The van der Waals surface area contributed by atoms with Gasteiger partial charge in [0.1, 0.15) is 5.92 Å². The standard InChI is InChI=1S/C25H19BrN4O3/c1-13-7-10-21(14(2)11-13)29-25(33)19(15(3)28-29)12-27-30-23(31)17-6-4-5-16-20(26)9-8-18(22(16)17)24(30)32/h4-12,19H,1-3H3/b27-12+. The number of aryl methyl sites for hydroxylation is 2. The SMILES string of the molecule is CC1=NN(c2ccc(C)cc2C)C(=O)C1/C=N/N1C(=O)c2cccc3c(Br)ccc(c23)C1=O. The number of anilines is 1. The van der Waals surface area contributed by atoms with Crippen LogP contribution in [0, 0.1) is 19.8 Å². The van der Waals surface area contributed by atoms with E-state index in [1.54, 1.807) is 31.2 Å². The van der Waals surface area contributed by atoms with Crippen molar-refractivity contribution in [1.29, 1.82) is 0 Å². The van der Waals surface area contributed by atoms with E-state index in [1.165, 1.54) is 11.2 Å². The number of rotatable bonds is 3. The third-order valence-electron chi connectivity index (χ3n) is 5.93. The first-order valence-electron chi connectivity index (χ1n) is 10.4. The number of nitrogens with zero attached hydrogens (tertiary/aromatic N) is 4. The van der Waals surface area contributed by atoms with E-state index < -0.39 is 17.7 Å². The molecule has 0 spiro atoms. The van der Waals surface area contributed by atoms with Crippen LogP contribution in [0.25, 0.3) is 10.8 Å². The Morgan fingerprint density at radius 1 is 0.970 bits per heavy atom. The van der Waals surface area contributed by atoms with Crippen LogP contribution in [0.1, 0.15) is 38.8 Å². The number of benzene rings is 3. The summed E-state index contributed by atoms with van der Waals surface area (Å²) in [5, 5.41) is 12.1. The average Bonchev–Trinajstić information content (AvgIpc) is 3.06. The van der Waals surface area contributed by atoms with Gasteiger partial charge in [0.05, 0.1) is 22.5 Å². The maximum atomic E-state index is 13.1. The lowest BCUT2D eigenvalue weighted by molar-refractivity contribution is -0.118. The molecule has 0 bridgehead atoms. The summed E-state index contributed by atoms with van der Waals surface area (Å²) in [5.41, 5.74) is 4.02. The van der Waals surface area contributed by atoms with Crippen LogP contribution in [0.2, 0.25) is 0 Å². The van der Waals surface area contributed by atoms with Gasteiger partial charge in [-0.2, -0.15) is 20.2 Å². The molecule has 2 heterocycles. The Hall–Kier alpha value is -3.65. The van der Waals surface area contributed by atoms with E-state index in [1.807, 2.05) is 38.1 Å². The number of carbonyl (C=O) groups is 3. The third-order valence-corrected chi connectivity index (χ3v) is 6.62. The Morgan fingerprint density at radius 2 is 1.70 bits per heavy atom. The van der Waals surface area contributed by atoms with Gasteiger partial charge in [-0.1, -0.05) is 45.8 Å². The molecular formula is C25H19BrN4O3. The summed E-state index contributed by atoms with van der Waals surface area (Å²) in [4.78, 5) is 39.3. The zero-order chi connectivity index (χ0) is 23.4. The molecule has 5 rings (SSSR count). The maximum Gasteiger partial charge on any atom is 0.282 e.